The molecule has 0 saturated carbocycles. The number of nitrogens with zero attached hydrogens (tertiary/aromatic N) is 8. The smallest absolute Gasteiger partial charge is 0.759 e. The molecule has 8 heterocycles. The third-order valence-corrected chi connectivity index (χ3v) is 5.71. The van der Waals surface area contributed by atoms with Crippen LogP contribution in [0.2, 0.25) is 0 Å². The van der Waals surface area contributed by atoms with Crippen molar-refractivity contribution in [1.82, 2.24) is 60.7 Å². The van der Waals surface area contributed by atoms with Crippen LogP contribution in [0.15, 0.2) is 147 Å². The Kier molecular flexibility index (Phi) is 22.5. The number of nitrogens with one attached hydrogen (secondary N) is 4. The van der Waals surface area contributed by atoms with Crippen LogP contribution in [0.3, 0.4) is 0 Å². The minimum absolute atomic E-state index is 0. The average Bonchev–Trinajstić information content (AvgIpc) is 4.01. The Morgan fingerprint density at radius 3 is 0.661 bits per heavy atom. The monoisotopic (exact) mass is 890 g/mol. The summed E-state index contributed by atoms with van der Waals surface area (Å²) in [6.07, 6.45) is 14.1. The molecule has 0 bridgehead atoms. The Balaban J connectivity index is 0.000000343. The number of H-pyrrole nitrogens is 4. The average molecular weight is 891 g/mol. The van der Waals surface area contributed by atoms with Gasteiger partial charge in [0.2, 0.25) is 0 Å². The van der Waals surface area contributed by atoms with Gasteiger partial charge < -0.3 is 18.2 Å². The van der Waals surface area contributed by atoms with Crippen molar-refractivity contribution in [3.8, 4) is 45.6 Å². The number of hydrogen-bond donors (Lipinski definition) is 4. The van der Waals surface area contributed by atoms with Crippen LogP contribution in [-0.4, -0.2) is 95.8 Å². The van der Waals surface area contributed by atoms with Crippen molar-refractivity contribution < 1.29 is 68.6 Å². The standard InChI is InChI=1S/4C8H7N3.2Co.2H2O4S/c4*1-2-5-9-7(3-1)8-4-6-10-11-8;;;2*1-5(2,3)4/h4*1-6H,(H,10,11);;;2*(H2,1,2,3,4)/q;;;;2*+2;;/p-4. The molecule has 4 N–H and O–H groups in total. The maximum absolute atomic E-state index is 8.52. The minimum atomic E-state index is -5.17. The van der Waals surface area contributed by atoms with Crippen molar-refractivity contribution in [3.05, 3.63) is 147 Å². The summed E-state index contributed by atoms with van der Waals surface area (Å²) in [7, 11) is -10.3. The molecule has 8 rings (SSSR count). The van der Waals surface area contributed by atoms with E-state index in [0.29, 0.717) is 0 Å². The van der Waals surface area contributed by atoms with Gasteiger partial charge >= 0.3 is 33.6 Å². The van der Waals surface area contributed by atoms with Gasteiger partial charge in [0.1, 0.15) is 22.8 Å². The minimum Gasteiger partial charge on any atom is -0.759 e. The predicted octanol–water partition coefficient (Wildman–Crippen LogP) is 3.21. The van der Waals surface area contributed by atoms with Gasteiger partial charge in [-0.1, -0.05) is 24.3 Å². The molecule has 0 spiro atoms. The molecule has 20 nitrogen and oxygen atoms in total. The van der Waals surface area contributed by atoms with Crippen LogP contribution in [0.5, 0.6) is 0 Å². The Labute approximate surface area is 340 Å². The van der Waals surface area contributed by atoms with Gasteiger partial charge in [-0.05, 0) is 72.8 Å². The van der Waals surface area contributed by atoms with Gasteiger partial charge in [-0.25, -0.2) is 0 Å². The third kappa shape index (κ3) is 21.8. The molecule has 56 heavy (non-hydrogen) atoms. The van der Waals surface area contributed by atoms with E-state index in [1.165, 1.54) is 0 Å². The molecular formula is C32H28Co2N12O8S2. The summed E-state index contributed by atoms with van der Waals surface area (Å²) in [6.45, 7) is 0. The number of hydrogen-bond acceptors (Lipinski definition) is 16. The van der Waals surface area contributed by atoms with Crippen molar-refractivity contribution in [2.75, 3.05) is 0 Å². The zero-order chi connectivity index (χ0) is 39.1. The first-order valence-electron chi connectivity index (χ1n) is 14.8. The molecule has 294 valence electrons. The third-order valence-electron chi connectivity index (χ3n) is 5.71. The van der Waals surface area contributed by atoms with Crippen molar-refractivity contribution in [1.29, 1.82) is 0 Å². The van der Waals surface area contributed by atoms with Crippen LogP contribution in [0.25, 0.3) is 45.6 Å². The quantitative estimate of drug-likeness (QED) is 0.146. The molecule has 0 atom stereocenters. The Bertz CT molecular complexity index is 2010. The van der Waals surface area contributed by atoms with E-state index in [4.69, 9.17) is 35.0 Å². The maximum atomic E-state index is 8.52. The molecule has 0 aromatic carbocycles. The molecule has 0 aliphatic rings. The first-order valence-corrected chi connectivity index (χ1v) is 17.5. The second-order valence-electron chi connectivity index (χ2n) is 9.51. The molecule has 8 aromatic heterocycles. The summed E-state index contributed by atoms with van der Waals surface area (Å²) in [5.74, 6) is 0. The first kappa shape index (κ1) is 48.2. The first-order chi connectivity index (χ1) is 25.9. The summed E-state index contributed by atoms with van der Waals surface area (Å²) >= 11 is 0. The summed E-state index contributed by atoms with van der Waals surface area (Å²) < 4.78 is 68.2. The van der Waals surface area contributed by atoms with E-state index < -0.39 is 20.8 Å². The molecular weight excluding hydrogens is 862 g/mol. The van der Waals surface area contributed by atoms with Crippen LogP contribution in [0, 0.1) is 0 Å². The molecule has 0 unspecified atom stereocenters. The molecule has 0 fully saturated rings. The molecule has 8 aromatic rings. The maximum Gasteiger partial charge on any atom is 2.00 e. The van der Waals surface area contributed by atoms with Crippen LogP contribution in [0.4, 0.5) is 0 Å². The van der Waals surface area contributed by atoms with Crippen LogP contribution >= 0.6 is 0 Å². The van der Waals surface area contributed by atoms with Crippen molar-refractivity contribution in [3.63, 3.8) is 0 Å². The summed E-state index contributed by atoms with van der Waals surface area (Å²) in [5, 5.41) is 26.9. The fourth-order valence-electron chi connectivity index (χ4n) is 3.67. The molecule has 0 aliphatic carbocycles. The van der Waals surface area contributed by atoms with Gasteiger partial charge in [0.05, 0.1) is 22.8 Å². The number of pyridine rings is 4. The Hall–Kier alpha value is -5.81. The fraction of sp³-hybridized carbons (Fsp3) is 0. The zero-order valence-corrected chi connectivity index (χ0v) is 31.9. The Morgan fingerprint density at radius 2 is 0.536 bits per heavy atom. The molecule has 24 heteroatoms. The second-order valence-corrected chi connectivity index (χ2v) is 11.1. The number of aromatic nitrogens is 12. The molecule has 0 saturated heterocycles. The van der Waals surface area contributed by atoms with Crippen molar-refractivity contribution in [2.24, 2.45) is 0 Å². The van der Waals surface area contributed by atoms with E-state index in [-0.39, 0.29) is 33.6 Å². The van der Waals surface area contributed by atoms with E-state index >= 15 is 0 Å². The van der Waals surface area contributed by atoms with E-state index in [9.17, 15) is 0 Å². The van der Waals surface area contributed by atoms with Crippen molar-refractivity contribution >= 4 is 20.8 Å². The summed E-state index contributed by atoms with van der Waals surface area (Å²) in [4.78, 5) is 16.6. The normalized spacial score (nSPS) is 9.79. The summed E-state index contributed by atoms with van der Waals surface area (Å²) in [5.41, 5.74) is 7.11. The topological polar surface area (TPSA) is 327 Å². The Morgan fingerprint density at radius 1 is 0.339 bits per heavy atom. The van der Waals surface area contributed by atoms with Crippen LogP contribution in [-0.2, 0) is 54.4 Å². The van der Waals surface area contributed by atoms with Gasteiger partial charge in [0.15, 0.2) is 0 Å². The van der Waals surface area contributed by atoms with E-state index in [1.807, 2.05) is 97.1 Å². The van der Waals surface area contributed by atoms with Gasteiger partial charge in [-0.3, -0.25) is 57.2 Å². The molecule has 2 radical (unpaired) electrons. The van der Waals surface area contributed by atoms with Crippen LogP contribution < -0.4 is 0 Å². The molecule has 0 aliphatic heterocycles. The van der Waals surface area contributed by atoms with Gasteiger partial charge in [0, 0.05) is 70.4 Å². The van der Waals surface area contributed by atoms with Gasteiger partial charge in [-0.2, -0.15) is 20.4 Å². The van der Waals surface area contributed by atoms with Crippen molar-refractivity contribution in [2.45, 2.75) is 0 Å². The number of aromatic amines is 4. The van der Waals surface area contributed by atoms with Gasteiger partial charge in [-0.15, -0.1) is 0 Å². The molecule has 0 amide bonds. The van der Waals surface area contributed by atoms with Crippen LogP contribution in [0.1, 0.15) is 0 Å². The van der Waals surface area contributed by atoms with E-state index in [0.717, 1.165) is 45.6 Å². The second kappa shape index (κ2) is 26.1. The largest absolute Gasteiger partial charge is 2.00 e. The summed E-state index contributed by atoms with van der Waals surface area (Å²) in [6, 6.07) is 30.6. The van der Waals surface area contributed by atoms with Gasteiger partial charge in [0.25, 0.3) is 0 Å². The SMILES string of the molecule is O=S(=O)([O-])[O-].O=S(=O)([O-])[O-].[Co+2].[Co+2].c1ccc(-c2cc[nH]n2)nc1.c1ccc(-c2cc[nH]n2)nc1.c1ccc(-c2cc[nH]n2)nc1.c1ccc(-c2cc[nH]n2)nc1. The van der Waals surface area contributed by atoms with E-state index in [1.54, 1.807) is 49.6 Å². The zero-order valence-electron chi connectivity index (χ0n) is 28.2. The number of rotatable bonds is 4. The predicted molar refractivity (Wildman–Crippen MR) is 188 cm³/mol. The fourth-order valence-corrected chi connectivity index (χ4v) is 3.67. The van der Waals surface area contributed by atoms with E-state index in [2.05, 4.69) is 60.7 Å².